The zero-order chi connectivity index (χ0) is 16.4. The van der Waals surface area contributed by atoms with Gasteiger partial charge in [-0.25, -0.2) is 8.42 Å². The van der Waals surface area contributed by atoms with Crippen LogP contribution in [0.3, 0.4) is 0 Å². The fourth-order valence-electron chi connectivity index (χ4n) is 2.05. The Morgan fingerprint density at radius 1 is 1.29 bits per heavy atom. The van der Waals surface area contributed by atoms with E-state index in [0.717, 1.165) is 6.07 Å². The molecule has 124 valence electrons. The number of ether oxygens (including phenoxy) is 4. The average molecular weight is 396 g/mol. The van der Waals surface area contributed by atoms with E-state index in [9.17, 15) is 13.0 Å². The van der Waals surface area contributed by atoms with Crippen molar-refractivity contribution in [3.63, 3.8) is 0 Å². The fourth-order valence-corrected chi connectivity index (χ4v) is 3.21. The summed E-state index contributed by atoms with van der Waals surface area (Å²) in [4.78, 5) is -0.373. The number of hydrogen-bond acceptors (Lipinski definition) is 8. The average Bonchev–Trinajstić information content (AvgIpc) is 2.99. The van der Waals surface area contributed by atoms with Crippen molar-refractivity contribution in [2.24, 2.45) is 0 Å². The van der Waals surface area contributed by atoms with Gasteiger partial charge in [0.2, 0.25) is 0 Å². The van der Waals surface area contributed by atoms with Crippen LogP contribution in [0.4, 0.5) is 0 Å². The monoisotopic (exact) mass is 396 g/mol. The summed E-state index contributed by atoms with van der Waals surface area (Å²) in [6.45, 7) is 0.536. The SMILES string of the molecule is COc1cc(S(=O)(=O)[O-])ccc1OCC1COc2cscc2O1.[K+]. The predicted molar refractivity (Wildman–Crippen MR) is 80.7 cm³/mol. The molecule has 1 aromatic heterocycles. The second-order valence-corrected chi connectivity index (χ2v) is 6.85. The van der Waals surface area contributed by atoms with Gasteiger partial charge in [-0.2, -0.15) is 0 Å². The standard InChI is InChI=1S/C14H14O7S2.K/c1-18-12-4-10(23(15,16)17)2-3-11(12)19-5-9-6-20-13-7-22-8-14(13)21-9;/h2-4,7-9H,5-6H2,1H3,(H,15,16,17);/q;+1/p-1. The van der Waals surface area contributed by atoms with Gasteiger partial charge in [0.05, 0.1) is 12.0 Å². The molecule has 1 aliphatic heterocycles. The van der Waals surface area contributed by atoms with E-state index in [0.29, 0.717) is 23.9 Å². The van der Waals surface area contributed by atoms with Gasteiger partial charge in [0.25, 0.3) is 0 Å². The molecule has 0 saturated carbocycles. The molecular weight excluding hydrogens is 383 g/mol. The molecule has 0 aliphatic carbocycles. The number of benzene rings is 1. The molecule has 7 nitrogen and oxygen atoms in total. The van der Waals surface area contributed by atoms with Crippen LogP contribution in [-0.4, -0.2) is 39.4 Å². The normalized spacial score (nSPS) is 16.2. The van der Waals surface area contributed by atoms with Crippen LogP contribution in [-0.2, 0) is 10.1 Å². The molecule has 0 saturated heterocycles. The van der Waals surface area contributed by atoms with Crippen LogP contribution in [0.5, 0.6) is 23.0 Å². The van der Waals surface area contributed by atoms with Crippen LogP contribution in [0.25, 0.3) is 0 Å². The Balaban J connectivity index is 0.00000208. The molecular formula is C14H13KO7S2. The van der Waals surface area contributed by atoms with Gasteiger partial charge in [-0.3, -0.25) is 0 Å². The second-order valence-electron chi connectivity index (χ2n) is 4.73. The molecule has 10 heteroatoms. The minimum Gasteiger partial charge on any atom is -0.744 e. The van der Waals surface area contributed by atoms with E-state index in [1.807, 2.05) is 10.8 Å². The van der Waals surface area contributed by atoms with Gasteiger partial charge in [-0.1, -0.05) is 0 Å². The summed E-state index contributed by atoms with van der Waals surface area (Å²) in [5.41, 5.74) is 0. The van der Waals surface area contributed by atoms with Crippen molar-refractivity contribution in [1.82, 2.24) is 0 Å². The maximum atomic E-state index is 11.0. The number of thiophene rings is 1. The van der Waals surface area contributed by atoms with E-state index < -0.39 is 10.1 Å². The first kappa shape index (κ1) is 20.0. The Morgan fingerprint density at radius 2 is 2.04 bits per heavy atom. The van der Waals surface area contributed by atoms with Crippen LogP contribution < -0.4 is 70.3 Å². The van der Waals surface area contributed by atoms with E-state index >= 15 is 0 Å². The zero-order valence-electron chi connectivity index (χ0n) is 13.1. The van der Waals surface area contributed by atoms with Gasteiger partial charge in [0.15, 0.2) is 29.1 Å². The molecule has 0 amide bonds. The third kappa shape index (κ3) is 4.64. The maximum Gasteiger partial charge on any atom is 1.00 e. The molecule has 0 radical (unpaired) electrons. The summed E-state index contributed by atoms with van der Waals surface area (Å²) in [7, 11) is -3.18. The van der Waals surface area contributed by atoms with Gasteiger partial charge in [-0.15, -0.1) is 11.3 Å². The molecule has 0 fully saturated rings. The van der Waals surface area contributed by atoms with Crippen molar-refractivity contribution in [2.45, 2.75) is 11.0 Å². The van der Waals surface area contributed by atoms with E-state index in [1.165, 1.54) is 30.6 Å². The molecule has 2 heterocycles. The minimum atomic E-state index is -4.54. The zero-order valence-corrected chi connectivity index (χ0v) is 17.8. The number of hydrogen-bond donors (Lipinski definition) is 0. The van der Waals surface area contributed by atoms with Gasteiger partial charge < -0.3 is 23.5 Å². The molecule has 0 spiro atoms. The van der Waals surface area contributed by atoms with E-state index in [2.05, 4.69) is 0 Å². The summed E-state index contributed by atoms with van der Waals surface area (Å²) in [6.07, 6.45) is -0.301. The van der Waals surface area contributed by atoms with Crippen LogP contribution in [0.2, 0.25) is 0 Å². The van der Waals surface area contributed by atoms with E-state index in [1.54, 1.807) is 0 Å². The van der Waals surface area contributed by atoms with Crippen LogP contribution in [0.15, 0.2) is 33.9 Å². The number of rotatable bonds is 5. The quantitative estimate of drug-likeness (QED) is 0.467. The van der Waals surface area contributed by atoms with Crippen LogP contribution in [0, 0.1) is 0 Å². The molecule has 1 aliphatic rings. The van der Waals surface area contributed by atoms with Gasteiger partial charge >= 0.3 is 51.4 Å². The first-order chi connectivity index (χ1) is 11.0. The third-order valence-electron chi connectivity index (χ3n) is 3.16. The van der Waals surface area contributed by atoms with Crippen molar-refractivity contribution >= 4 is 21.5 Å². The fraction of sp³-hybridized carbons (Fsp3) is 0.286. The van der Waals surface area contributed by atoms with Gasteiger partial charge in [0, 0.05) is 16.8 Å². The molecule has 0 N–H and O–H groups in total. The molecule has 1 unspecified atom stereocenters. The van der Waals surface area contributed by atoms with Crippen molar-refractivity contribution in [3.05, 3.63) is 29.0 Å². The van der Waals surface area contributed by atoms with Crippen molar-refractivity contribution in [1.29, 1.82) is 0 Å². The van der Waals surface area contributed by atoms with Crippen LogP contribution in [0.1, 0.15) is 0 Å². The molecule has 1 aromatic carbocycles. The molecule has 2 aromatic rings. The topological polar surface area (TPSA) is 94.1 Å². The minimum absolute atomic E-state index is 0. The number of methoxy groups -OCH3 is 1. The van der Waals surface area contributed by atoms with Gasteiger partial charge in [0.1, 0.15) is 23.3 Å². The molecule has 1 atom stereocenters. The Kier molecular flexibility index (Phi) is 6.96. The Hall–Kier alpha value is -0.334. The first-order valence-electron chi connectivity index (χ1n) is 6.60. The Labute approximate surface area is 186 Å². The summed E-state index contributed by atoms with van der Waals surface area (Å²) >= 11 is 1.48. The largest absolute Gasteiger partial charge is 1.00 e. The maximum absolute atomic E-state index is 11.0. The van der Waals surface area contributed by atoms with Crippen molar-refractivity contribution in [3.8, 4) is 23.0 Å². The van der Waals surface area contributed by atoms with Crippen molar-refractivity contribution < 1.29 is 83.3 Å². The van der Waals surface area contributed by atoms with Crippen LogP contribution >= 0.6 is 11.3 Å². The smallest absolute Gasteiger partial charge is 0.744 e. The van der Waals surface area contributed by atoms with E-state index in [4.69, 9.17) is 18.9 Å². The summed E-state index contributed by atoms with van der Waals surface area (Å²) in [5.74, 6) is 1.87. The summed E-state index contributed by atoms with van der Waals surface area (Å²) in [6, 6.07) is 3.69. The Morgan fingerprint density at radius 3 is 2.75 bits per heavy atom. The second kappa shape index (κ2) is 8.36. The first-order valence-corrected chi connectivity index (χ1v) is 8.95. The predicted octanol–water partition coefficient (Wildman–Crippen LogP) is -1.12. The number of fused-ring (bicyclic) bond motifs is 1. The Bertz CT molecular complexity index is 803. The molecule has 0 bridgehead atoms. The van der Waals surface area contributed by atoms with Crippen molar-refractivity contribution in [2.75, 3.05) is 20.3 Å². The third-order valence-corrected chi connectivity index (χ3v) is 4.69. The van der Waals surface area contributed by atoms with Gasteiger partial charge in [-0.05, 0) is 12.1 Å². The summed E-state index contributed by atoms with van der Waals surface area (Å²) < 4.78 is 55.0. The van der Waals surface area contributed by atoms with E-state index in [-0.39, 0.29) is 74.7 Å². The molecule has 3 rings (SSSR count). The molecule has 24 heavy (non-hydrogen) atoms. The summed E-state index contributed by atoms with van der Waals surface area (Å²) in [5, 5.41) is 3.70.